The molecule has 3 rings (SSSR count). The van der Waals surface area contributed by atoms with Crippen LogP contribution in [-0.2, 0) is 6.42 Å². The fraction of sp³-hybridized carbons (Fsp3) is 0.412. The summed E-state index contributed by atoms with van der Waals surface area (Å²) in [5.74, 6) is 0.657. The van der Waals surface area contributed by atoms with E-state index < -0.39 is 5.60 Å². The average Bonchev–Trinajstić information content (AvgIpc) is 2.70. The normalized spacial score (nSPS) is 27.8. The largest absolute Gasteiger partial charge is 0.390 e. The lowest BCUT2D eigenvalue weighted by Crippen LogP contribution is -2.27. The zero-order valence-corrected chi connectivity index (χ0v) is 10.9. The first-order valence-electron chi connectivity index (χ1n) is 6.85. The Kier molecular flexibility index (Phi) is 2.87. The number of hydrogen-bond donors (Lipinski definition) is 1. The van der Waals surface area contributed by atoms with Gasteiger partial charge in [0, 0.05) is 6.42 Å². The van der Waals surface area contributed by atoms with Crippen LogP contribution >= 0.6 is 0 Å². The lowest BCUT2D eigenvalue weighted by molar-refractivity contribution is 0.0449. The number of aliphatic hydroxyl groups is 1. The highest BCUT2D eigenvalue weighted by Crippen LogP contribution is 2.37. The van der Waals surface area contributed by atoms with Crippen molar-refractivity contribution in [1.82, 2.24) is 0 Å². The Bertz CT molecular complexity index is 555. The summed E-state index contributed by atoms with van der Waals surface area (Å²) in [5, 5.41) is 13.2. The summed E-state index contributed by atoms with van der Waals surface area (Å²) < 4.78 is 0. The molecule has 0 aromatic heterocycles. The van der Waals surface area contributed by atoms with Gasteiger partial charge in [0.05, 0.1) is 5.60 Å². The van der Waals surface area contributed by atoms with E-state index in [1.165, 1.54) is 16.3 Å². The SMILES string of the molecule is CC1CCC(O)(Cc2cccc3ccccc23)C1. The van der Waals surface area contributed by atoms with Crippen LogP contribution in [0.1, 0.15) is 31.7 Å². The molecule has 0 spiro atoms. The van der Waals surface area contributed by atoms with E-state index in [4.69, 9.17) is 0 Å². The van der Waals surface area contributed by atoms with Gasteiger partial charge in [-0.15, -0.1) is 0 Å². The molecule has 18 heavy (non-hydrogen) atoms. The summed E-state index contributed by atoms with van der Waals surface area (Å²) in [6.45, 7) is 2.24. The van der Waals surface area contributed by atoms with Crippen molar-refractivity contribution in [3.05, 3.63) is 48.0 Å². The first-order valence-corrected chi connectivity index (χ1v) is 6.85. The molecule has 0 bridgehead atoms. The van der Waals surface area contributed by atoms with Gasteiger partial charge in [0.15, 0.2) is 0 Å². The van der Waals surface area contributed by atoms with Gasteiger partial charge in [0.2, 0.25) is 0 Å². The number of fused-ring (bicyclic) bond motifs is 1. The van der Waals surface area contributed by atoms with Gasteiger partial charge in [0.25, 0.3) is 0 Å². The fourth-order valence-electron chi connectivity index (χ4n) is 3.33. The summed E-state index contributed by atoms with van der Waals surface area (Å²) >= 11 is 0. The minimum Gasteiger partial charge on any atom is -0.390 e. The lowest BCUT2D eigenvalue weighted by Gasteiger charge is -2.23. The molecule has 2 unspecified atom stereocenters. The monoisotopic (exact) mass is 240 g/mol. The highest BCUT2D eigenvalue weighted by Gasteiger charge is 2.35. The van der Waals surface area contributed by atoms with E-state index in [-0.39, 0.29) is 0 Å². The number of hydrogen-bond acceptors (Lipinski definition) is 1. The van der Waals surface area contributed by atoms with Crippen molar-refractivity contribution in [1.29, 1.82) is 0 Å². The second kappa shape index (κ2) is 4.40. The Labute approximate surface area is 108 Å². The predicted molar refractivity (Wildman–Crippen MR) is 75.6 cm³/mol. The maximum atomic E-state index is 10.7. The van der Waals surface area contributed by atoms with E-state index in [9.17, 15) is 5.11 Å². The molecule has 94 valence electrons. The summed E-state index contributed by atoms with van der Waals surface area (Å²) in [7, 11) is 0. The average molecular weight is 240 g/mol. The zero-order valence-electron chi connectivity index (χ0n) is 10.9. The molecule has 1 nitrogen and oxygen atoms in total. The Morgan fingerprint density at radius 3 is 2.72 bits per heavy atom. The van der Waals surface area contributed by atoms with Crippen LogP contribution in [0, 0.1) is 5.92 Å². The molecule has 2 atom stereocenters. The molecule has 1 saturated carbocycles. The summed E-state index contributed by atoms with van der Waals surface area (Å²) in [6, 6.07) is 14.8. The van der Waals surface area contributed by atoms with E-state index >= 15 is 0 Å². The summed E-state index contributed by atoms with van der Waals surface area (Å²) in [6.07, 6.45) is 3.83. The van der Waals surface area contributed by atoms with Crippen molar-refractivity contribution >= 4 is 10.8 Å². The molecule has 1 aliphatic rings. The first-order chi connectivity index (χ1) is 8.66. The van der Waals surface area contributed by atoms with E-state index in [2.05, 4.69) is 49.4 Å². The van der Waals surface area contributed by atoms with Gasteiger partial charge in [-0.25, -0.2) is 0 Å². The molecule has 1 heteroatoms. The van der Waals surface area contributed by atoms with Crippen LogP contribution in [0.5, 0.6) is 0 Å². The van der Waals surface area contributed by atoms with E-state index in [1.807, 2.05) is 0 Å². The maximum Gasteiger partial charge on any atom is 0.0690 e. The molecule has 2 aromatic carbocycles. The van der Waals surface area contributed by atoms with Gasteiger partial charge in [-0.2, -0.15) is 0 Å². The second-order valence-electron chi connectivity index (χ2n) is 5.89. The molecular weight excluding hydrogens is 220 g/mol. The van der Waals surface area contributed by atoms with Crippen molar-refractivity contribution in [3.8, 4) is 0 Å². The van der Waals surface area contributed by atoms with Crippen molar-refractivity contribution in [2.24, 2.45) is 5.92 Å². The van der Waals surface area contributed by atoms with Gasteiger partial charge in [0.1, 0.15) is 0 Å². The molecule has 0 amide bonds. The predicted octanol–water partition coefficient (Wildman–Crippen LogP) is 3.93. The van der Waals surface area contributed by atoms with Crippen LogP contribution in [0.15, 0.2) is 42.5 Å². The minimum absolute atomic E-state index is 0.483. The van der Waals surface area contributed by atoms with Crippen molar-refractivity contribution < 1.29 is 5.11 Å². The van der Waals surface area contributed by atoms with Crippen LogP contribution in [0.4, 0.5) is 0 Å². The van der Waals surface area contributed by atoms with Gasteiger partial charge < -0.3 is 5.11 Å². The summed E-state index contributed by atoms with van der Waals surface area (Å²) in [4.78, 5) is 0. The van der Waals surface area contributed by atoms with Crippen LogP contribution in [0.3, 0.4) is 0 Å². The smallest absolute Gasteiger partial charge is 0.0690 e. The molecular formula is C17H20O. The molecule has 0 radical (unpaired) electrons. The molecule has 1 aliphatic carbocycles. The zero-order chi connectivity index (χ0) is 12.6. The third-order valence-corrected chi connectivity index (χ3v) is 4.23. The van der Waals surface area contributed by atoms with Gasteiger partial charge in [-0.3, -0.25) is 0 Å². The van der Waals surface area contributed by atoms with Crippen molar-refractivity contribution in [3.63, 3.8) is 0 Å². The Balaban J connectivity index is 1.95. The van der Waals surface area contributed by atoms with Crippen molar-refractivity contribution in [2.45, 2.75) is 38.2 Å². The maximum absolute atomic E-state index is 10.7. The standard InChI is InChI=1S/C17H20O/c1-13-9-10-17(18,11-13)12-15-7-4-6-14-5-2-3-8-16(14)15/h2-8,13,18H,9-12H2,1H3. The van der Waals surface area contributed by atoms with Crippen LogP contribution in [-0.4, -0.2) is 10.7 Å². The van der Waals surface area contributed by atoms with E-state index in [1.54, 1.807) is 0 Å². The van der Waals surface area contributed by atoms with Crippen LogP contribution < -0.4 is 0 Å². The Morgan fingerprint density at radius 1 is 1.17 bits per heavy atom. The molecule has 1 fully saturated rings. The lowest BCUT2D eigenvalue weighted by atomic mass is 9.89. The highest BCUT2D eigenvalue weighted by atomic mass is 16.3. The molecule has 1 N–H and O–H groups in total. The number of benzene rings is 2. The quantitative estimate of drug-likeness (QED) is 0.843. The summed E-state index contributed by atoms with van der Waals surface area (Å²) in [5.41, 5.74) is 0.800. The fourth-order valence-corrected chi connectivity index (χ4v) is 3.33. The minimum atomic E-state index is -0.483. The van der Waals surface area contributed by atoms with Crippen LogP contribution in [0.25, 0.3) is 10.8 Å². The van der Waals surface area contributed by atoms with Crippen LogP contribution in [0.2, 0.25) is 0 Å². The third-order valence-electron chi connectivity index (χ3n) is 4.23. The van der Waals surface area contributed by atoms with Crippen molar-refractivity contribution in [2.75, 3.05) is 0 Å². The van der Waals surface area contributed by atoms with Gasteiger partial charge in [-0.05, 0) is 41.5 Å². The topological polar surface area (TPSA) is 20.2 Å². The first kappa shape index (κ1) is 11.7. The molecule has 0 saturated heterocycles. The third kappa shape index (κ3) is 2.15. The highest BCUT2D eigenvalue weighted by molar-refractivity contribution is 5.85. The molecule has 0 aliphatic heterocycles. The Hall–Kier alpha value is -1.34. The van der Waals surface area contributed by atoms with Gasteiger partial charge in [-0.1, -0.05) is 49.4 Å². The van der Waals surface area contributed by atoms with Gasteiger partial charge >= 0.3 is 0 Å². The molecule has 2 aromatic rings. The Morgan fingerprint density at radius 2 is 1.94 bits per heavy atom. The molecule has 0 heterocycles. The second-order valence-corrected chi connectivity index (χ2v) is 5.89. The number of rotatable bonds is 2. The van der Waals surface area contributed by atoms with E-state index in [0.29, 0.717) is 5.92 Å². The van der Waals surface area contributed by atoms with E-state index in [0.717, 1.165) is 25.7 Å².